The molecular formula is C8H6F3N3O3. The number of phenolic OH excluding ortho intramolecular Hbond substituents is 1. The summed E-state index contributed by atoms with van der Waals surface area (Å²) in [5.74, 6) is -8.03. The van der Waals surface area contributed by atoms with E-state index in [2.05, 4.69) is 5.73 Å². The Hall–Kier alpha value is -2.45. The molecule has 0 atom stereocenters. The number of benzene rings is 1. The number of aromatic hydroxyl groups is 1. The highest BCUT2D eigenvalue weighted by Crippen LogP contribution is 2.25. The van der Waals surface area contributed by atoms with Crippen molar-refractivity contribution in [1.29, 1.82) is 0 Å². The number of nitrogens with two attached hydrogens (primary N) is 1. The maximum atomic E-state index is 13.2. The summed E-state index contributed by atoms with van der Waals surface area (Å²) in [4.78, 5) is 21.4. The number of carbonyl (C=O) groups excluding carboxylic acids is 2. The van der Waals surface area contributed by atoms with Gasteiger partial charge in [0, 0.05) is 0 Å². The Balaban J connectivity index is 3.06. The van der Waals surface area contributed by atoms with Crippen molar-refractivity contribution in [3.8, 4) is 5.75 Å². The fourth-order valence-electron chi connectivity index (χ4n) is 0.941. The van der Waals surface area contributed by atoms with Crippen LogP contribution in [0.4, 0.5) is 18.0 Å². The van der Waals surface area contributed by atoms with Crippen LogP contribution in [-0.4, -0.2) is 17.0 Å². The van der Waals surface area contributed by atoms with Crippen molar-refractivity contribution in [2.45, 2.75) is 0 Å². The molecule has 0 aliphatic carbocycles. The molecule has 6 nitrogen and oxygen atoms in total. The van der Waals surface area contributed by atoms with Crippen molar-refractivity contribution in [2.75, 3.05) is 0 Å². The Morgan fingerprint density at radius 3 is 2.29 bits per heavy atom. The zero-order valence-corrected chi connectivity index (χ0v) is 8.05. The third-order valence-corrected chi connectivity index (χ3v) is 1.68. The monoisotopic (exact) mass is 249 g/mol. The normalized spacial score (nSPS) is 9.82. The van der Waals surface area contributed by atoms with E-state index < -0.39 is 40.7 Å². The highest BCUT2D eigenvalue weighted by molar-refractivity contribution is 5.95. The van der Waals surface area contributed by atoms with Crippen molar-refractivity contribution in [3.05, 3.63) is 29.1 Å². The van der Waals surface area contributed by atoms with Gasteiger partial charge in [-0.15, -0.1) is 0 Å². The number of nitrogens with one attached hydrogen (secondary N) is 2. The third-order valence-electron chi connectivity index (χ3n) is 1.68. The molecule has 92 valence electrons. The van der Waals surface area contributed by atoms with E-state index in [0.717, 1.165) is 0 Å². The van der Waals surface area contributed by atoms with Crippen LogP contribution in [0.3, 0.4) is 0 Å². The Bertz CT molecular complexity index is 493. The molecule has 0 aromatic heterocycles. The van der Waals surface area contributed by atoms with E-state index in [-0.39, 0.29) is 6.07 Å². The van der Waals surface area contributed by atoms with Crippen LogP contribution >= 0.6 is 0 Å². The summed E-state index contributed by atoms with van der Waals surface area (Å²) in [7, 11) is 0. The summed E-state index contributed by atoms with van der Waals surface area (Å²) in [6.45, 7) is 0. The minimum atomic E-state index is -1.82. The quantitative estimate of drug-likeness (QED) is 0.419. The molecule has 9 heteroatoms. The van der Waals surface area contributed by atoms with Crippen LogP contribution in [0.5, 0.6) is 5.75 Å². The number of phenols is 1. The number of hydrogen-bond donors (Lipinski definition) is 4. The lowest BCUT2D eigenvalue weighted by molar-refractivity contribution is 0.0931. The highest BCUT2D eigenvalue weighted by atomic mass is 19.2. The zero-order valence-electron chi connectivity index (χ0n) is 8.05. The number of halogens is 3. The van der Waals surface area contributed by atoms with Crippen molar-refractivity contribution in [3.63, 3.8) is 0 Å². The largest absolute Gasteiger partial charge is 0.503 e. The summed E-state index contributed by atoms with van der Waals surface area (Å²) in [6.07, 6.45) is 0. The third kappa shape index (κ3) is 2.56. The van der Waals surface area contributed by atoms with Crippen LogP contribution in [-0.2, 0) is 0 Å². The van der Waals surface area contributed by atoms with Gasteiger partial charge in [0.25, 0.3) is 5.91 Å². The van der Waals surface area contributed by atoms with Crippen molar-refractivity contribution >= 4 is 11.9 Å². The molecule has 0 bridgehead atoms. The molecule has 0 aliphatic heterocycles. The van der Waals surface area contributed by atoms with E-state index in [0.29, 0.717) is 0 Å². The molecule has 1 rings (SSSR count). The summed E-state index contributed by atoms with van der Waals surface area (Å²) >= 11 is 0. The molecule has 3 amide bonds. The Kier molecular flexibility index (Phi) is 3.41. The minimum Gasteiger partial charge on any atom is -0.503 e. The number of urea groups is 1. The van der Waals surface area contributed by atoms with Gasteiger partial charge in [0.2, 0.25) is 5.82 Å². The summed E-state index contributed by atoms with van der Waals surface area (Å²) in [5.41, 5.74) is 6.82. The average Bonchev–Trinajstić information content (AvgIpc) is 2.28. The smallest absolute Gasteiger partial charge is 0.330 e. The van der Waals surface area contributed by atoms with Gasteiger partial charge in [-0.3, -0.25) is 10.2 Å². The van der Waals surface area contributed by atoms with Gasteiger partial charge in [0.05, 0.1) is 5.56 Å². The predicted molar refractivity (Wildman–Crippen MR) is 48.2 cm³/mol. The van der Waals surface area contributed by atoms with E-state index in [1.165, 1.54) is 0 Å². The standard InChI is InChI=1S/C8H6F3N3O3/c9-3-1-2(4(10)6(15)5(3)11)7(16)13-14-8(12)17/h1,15H,(H,13,16)(H3,12,14,17). The maximum Gasteiger partial charge on any atom is 0.330 e. The first-order valence-corrected chi connectivity index (χ1v) is 4.06. The van der Waals surface area contributed by atoms with Gasteiger partial charge in [0.15, 0.2) is 17.4 Å². The molecule has 0 radical (unpaired) electrons. The molecule has 1 aromatic carbocycles. The van der Waals surface area contributed by atoms with Crippen LogP contribution in [0.2, 0.25) is 0 Å². The van der Waals surface area contributed by atoms with Gasteiger partial charge in [-0.2, -0.15) is 4.39 Å². The second kappa shape index (κ2) is 4.60. The number of hydrogen-bond acceptors (Lipinski definition) is 3. The van der Waals surface area contributed by atoms with Gasteiger partial charge in [-0.25, -0.2) is 19.0 Å². The lowest BCUT2D eigenvalue weighted by Crippen LogP contribution is -2.44. The lowest BCUT2D eigenvalue weighted by atomic mass is 10.1. The first kappa shape index (κ1) is 12.6. The maximum absolute atomic E-state index is 13.2. The van der Waals surface area contributed by atoms with Crippen LogP contribution < -0.4 is 16.6 Å². The van der Waals surface area contributed by atoms with E-state index >= 15 is 0 Å². The van der Waals surface area contributed by atoms with Crippen molar-refractivity contribution in [2.24, 2.45) is 5.73 Å². The molecule has 0 saturated heterocycles. The van der Waals surface area contributed by atoms with Gasteiger partial charge in [-0.1, -0.05) is 0 Å². The SMILES string of the molecule is NC(=O)NNC(=O)c1cc(F)c(F)c(O)c1F. The molecular weight excluding hydrogens is 243 g/mol. The van der Waals surface area contributed by atoms with Crippen molar-refractivity contribution in [1.82, 2.24) is 10.9 Å². The summed E-state index contributed by atoms with van der Waals surface area (Å²) < 4.78 is 38.6. The first-order valence-electron chi connectivity index (χ1n) is 4.06. The molecule has 0 saturated carbocycles. The molecule has 0 unspecified atom stereocenters. The van der Waals surface area contributed by atoms with Crippen LogP contribution in [0.25, 0.3) is 0 Å². The number of rotatable bonds is 1. The number of primary amides is 1. The number of amides is 3. The van der Waals surface area contributed by atoms with E-state index in [4.69, 9.17) is 5.11 Å². The summed E-state index contributed by atoms with van der Waals surface area (Å²) in [6, 6.07) is -0.923. The predicted octanol–water partition coefficient (Wildman–Crippen LogP) is 0.123. The van der Waals surface area contributed by atoms with E-state index in [1.54, 1.807) is 10.9 Å². The topological polar surface area (TPSA) is 104 Å². The highest BCUT2D eigenvalue weighted by Gasteiger charge is 2.22. The Morgan fingerprint density at radius 1 is 1.18 bits per heavy atom. The van der Waals surface area contributed by atoms with Gasteiger partial charge < -0.3 is 10.8 Å². The van der Waals surface area contributed by atoms with Crippen LogP contribution in [0.1, 0.15) is 10.4 Å². The zero-order chi connectivity index (χ0) is 13.2. The molecule has 1 aromatic rings. The Labute approximate surface area is 92.2 Å². The lowest BCUT2D eigenvalue weighted by Gasteiger charge is -2.07. The number of hydrazine groups is 1. The summed E-state index contributed by atoms with van der Waals surface area (Å²) in [5, 5.41) is 8.81. The van der Waals surface area contributed by atoms with Crippen LogP contribution in [0.15, 0.2) is 6.07 Å². The fourth-order valence-corrected chi connectivity index (χ4v) is 0.941. The molecule has 0 aliphatic rings. The second-order valence-corrected chi connectivity index (χ2v) is 2.83. The molecule has 0 spiro atoms. The average molecular weight is 249 g/mol. The molecule has 17 heavy (non-hydrogen) atoms. The first-order chi connectivity index (χ1) is 7.84. The van der Waals surface area contributed by atoms with Crippen molar-refractivity contribution < 1.29 is 27.9 Å². The molecule has 0 heterocycles. The van der Waals surface area contributed by atoms with Gasteiger partial charge in [0.1, 0.15) is 0 Å². The molecule has 0 fully saturated rings. The fraction of sp³-hybridized carbons (Fsp3) is 0. The Morgan fingerprint density at radius 2 is 1.76 bits per heavy atom. The van der Waals surface area contributed by atoms with Gasteiger partial charge in [-0.05, 0) is 6.07 Å². The van der Waals surface area contributed by atoms with Gasteiger partial charge >= 0.3 is 6.03 Å². The second-order valence-electron chi connectivity index (χ2n) is 2.83. The van der Waals surface area contributed by atoms with E-state index in [9.17, 15) is 22.8 Å². The van der Waals surface area contributed by atoms with E-state index in [1.807, 2.05) is 0 Å². The minimum absolute atomic E-state index is 0.225. The number of carbonyl (C=O) groups is 2. The molecule has 5 N–H and O–H groups in total. The van der Waals surface area contributed by atoms with Crippen LogP contribution in [0, 0.1) is 17.5 Å².